The van der Waals surface area contributed by atoms with Gasteiger partial charge in [0.05, 0.1) is 23.9 Å². The zero-order chi connectivity index (χ0) is 14.9. The van der Waals surface area contributed by atoms with Crippen LogP contribution in [-0.2, 0) is 16.0 Å². The second kappa shape index (κ2) is 6.07. The lowest BCUT2D eigenvalue weighted by molar-refractivity contribution is -0.0962. The molecule has 0 amide bonds. The van der Waals surface area contributed by atoms with E-state index in [1.54, 1.807) is 0 Å². The second-order valence-corrected chi connectivity index (χ2v) is 6.74. The van der Waals surface area contributed by atoms with Crippen LogP contribution < -0.4 is 5.32 Å². The van der Waals surface area contributed by atoms with Gasteiger partial charge in [-0.3, -0.25) is 4.68 Å². The Labute approximate surface area is 127 Å². The highest BCUT2D eigenvalue weighted by molar-refractivity contribution is 5.16. The Kier molecular flexibility index (Phi) is 4.33. The van der Waals surface area contributed by atoms with Crippen LogP contribution in [0, 0.1) is 6.92 Å². The average molecular weight is 293 g/mol. The predicted molar refractivity (Wildman–Crippen MR) is 81.3 cm³/mol. The molecular formula is C16H27N3O2. The molecule has 2 aliphatic heterocycles. The fraction of sp³-hybridized carbons (Fsp3) is 0.812. The van der Waals surface area contributed by atoms with Gasteiger partial charge in [0.25, 0.3) is 0 Å². The van der Waals surface area contributed by atoms with Crippen molar-refractivity contribution in [1.82, 2.24) is 15.1 Å². The topological polar surface area (TPSA) is 48.3 Å². The number of hydrogen-bond acceptors (Lipinski definition) is 4. The number of aromatic nitrogens is 2. The Hall–Kier alpha value is -0.910. The van der Waals surface area contributed by atoms with Crippen LogP contribution in [0.15, 0.2) is 6.20 Å². The molecule has 1 aromatic heterocycles. The van der Waals surface area contributed by atoms with E-state index >= 15 is 0 Å². The molecule has 0 radical (unpaired) electrons. The van der Waals surface area contributed by atoms with E-state index in [0.717, 1.165) is 51.3 Å². The number of ether oxygens (including phenoxy) is 2. The predicted octanol–water partition coefficient (Wildman–Crippen LogP) is 2.20. The van der Waals surface area contributed by atoms with Gasteiger partial charge in [-0.15, -0.1) is 0 Å². The van der Waals surface area contributed by atoms with Gasteiger partial charge >= 0.3 is 0 Å². The third kappa shape index (κ3) is 3.30. The largest absolute Gasteiger partial charge is 0.378 e. The lowest BCUT2D eigenvalue weighted by Gasteiger charge is -2.37. The first-order valence-corrected chi connectivity index (χ1v) is 8.08. The monoisotopic (exact) mass is 293 g/mol. The molecule has 0 aliphatic carbocycles. The van der Waals surface area contributed by atoms with Crippen molar-refractivity contribution in [3.63, 3.8) is 0 Å². The highest BCUT2D eigenvalue weighted by atomic mass is 16.6. The zero-order valence-corrected chi connectivity index (χ0v) is 13.4. The van der Waals surface area contributed by atoms with E-state index in [4.69, 9.17) is 14.6 Å². The number of nitrogens with one attached hydrogen (secondary N) is 1. The van der Waals surface area contributed by atoms with Crippen molar-refractivity contribution in [3.05, 3.63) is 17.5 Å². The summed E-state index contributed by atoms with van der Waals surface area (Å²) >= 11 is 0. The van der Waals surface area contributed by atoms with Crippen LogP contribution in [0.2, 0.25) is 0 Å². The van der Waals surface area contributed by atoms with Crippen molar-refractivity contribution in [2.24, 2.45) is 0 Å². The lowest BCUT2D eigenvalue weighted by atomic mass is 9.90. The first-order valence-electron chi connectivity index (χ1n) is 8.08. The van der Waals surface area contributed by atoms with Gasteiger partial charge in [-0.05, 0) is 13.3 Å². The summed E-state index contributed by atoms with van der Waals surface area (Å²) in [6.07, 6.45) is 5.29. The Balaban J connectivity index is 1.70. The molecule has 2 atom stereocenters. The van der Waals surface area contributed by atoms with Gasteiger partial charge in [0.1, 0.15) is 0 Å². The molecule has 2 saturated heterocycles. The van der Waals surface area contributed by atoms with Crippen molar-refractivity contribution >= 4 is 0 Å². The molecule has 118 valence electrons. The van der Waals surface area contributed by atoms with E-state index in [0.29, 0.717) is 12.1 Å². The first kappa shape index (κ1) is 15.0. The molecule has 3 heterocycles. The van der Waals surface area contributed by atoms with E-state index in [9.17, 15) is 0 Å². The summed E-state index contributed by atoms with van der Waals surface area (Å²) < 4.78 is 13.7. The van der Waals surface area contributed by atoms with Crippen LogP contribution in [0.4, 0.5) is 0 Å². The fourth-order valence-electron chi connectivity index (χ4n) is 3.29. The maximum absolute atomic E-state index is 6.02. The van der Waals surface area contributed by atoms with Crippen LogP contribution >= 0.6 is 0 Å². The minimum absolute atomic E-state index is 0.0564. The molecule has 3 rings (SSSR count). The summed E-state index contributed by atoms with van der Waals surface area (Å²) in [7, 11) is 0. The van der Waals surface area contributed by atoms with E-state index in [-0.39, 0.29) is 5.60 Å². The molecule has 21 heavy (non-hydrogen) atoms. The number of nitrogens with zero attached hydrogens (tertiary/aromatic N) is 2. The summed E-state index contributed by atoms with van der Waals surface area (Å²) in [4.78, 5) is 0. The van der Waals surface area contributed by atoms with Crippen molar-refractivity contribution < 1.29 is 9.47 Å². The quantitative estimate of drug-likeness (QED) is 0.924. The van der Waals surface area contributed by atoms with E-state index in [1.165, 1.54) is 5.56 Å². The zero-order valence-electron chi connectivity index (χ0n) is 13.4. The molecule has 0 bridgehead atoms. The van der Waals surface area contributed by atoms with Crippen LogP contribution in [-0.4, -0.2) is 41.2 Å². The summed E-state index contributed by atoms with van der Waals surface area (Å²) in [6, 6.07) is 0.932. The highest BCUT2D eigenvalue weighted by Crippen LogP contribution is 2.37. The maximum atomic E-state index is 6.02. The third-order valence-electron chi connectivity index (χ3n) is 4.63. The molecule has 1 aromatic rings. The molecular weight excluding hydrogens is 266 g/mol. The van der Waals surface area contributed by atoms with E-state index < -0.39 is 0 Å². The summed E-state index contributed by atoms with van der Waals surface area (Å²) in [5.41, 5.74) is 2.37. The average Bonchev–Trinajstić information content (AvgIpc) is 3.04. The Morgan fingerprint density at radius 1 is 1.48 bits per heavy atom. The SMILES string of the molecule is Cc1nn(C2CCOC3(CCOC3)C2)cc1CNC(C)C. The van der Waals surface area contributed by atoms with Crippen molar-refractivity contribution in [2.45, 2.75) is 64.3 Å². The van der Waals surface area contributed by atoms with Crippen molar-refractivity contribution in [3.8, 4) is 0 Å². The van der Waals surface area contributed by atoms with Crippen molar-refractivity contribution in [1.29, 1.82) is 0 Å². The molecule has 1 spiro atoms. The van der Waals surface area contributed by atoms with Crippen LogP contribution in [0.3, 0.4) is 0 Å². The maximum Gasteiger partial charge on any atom is 0.0957 e. The van der Waals surface area contributed by atoms with Gasteiger partial charge in [0.15, 0.2) is 0 Å². The second-order valence-electron chi connectivity index (χ2n) is 6.74. The summed E-state index contributed by atoms with van der Waals surface area (Å²) in [5.74, 6) is 0. The van der Waals surface area contributed by atoms with Gasteiger partial charge in [0, 0.05) is 50.4 Å². The third-order valence-corrected chi connectivity index (χ3v) is 4.63. The smallest absolute Gasteiger partial charge is 0.0957 e. The van der Waals surface area contributed by atoms with E-state index in [2.05, 4.69) is 37.0 Å². The molecule has 0 saturated carbocycles. The Morgan fingerprint density at radius 2 is 2.33 bits per heavy atom. The van der Waals surface area contributed by atoms with Crippen LogP contribution in [0.5, 0.6) is 0 Å². The molecule has 2 fully saturated rings. The summed E-state index contributed by atoms with van der Waals surface area (Å²) in [5, 5.41) is 8.22. The van der Waals surface area contributed by atoms with Gasteiger partial charge in [-0.1, -0.05) is 13.8 Å². The minimum Gasteiger partial charge on any atom is -0.378 e. The van der Waals surface area contributed by atoms with Gasteiger partial charge in [0.2, 0.25) is 0 Å². The van der Waals surface area contributed by atoms with Crippen LogP contribution in [0.1, 0.15) is 50.4 Å². The lowest BCUT2D eigenvalue weighted by Crippen LogP contribution is -2.41. The Bertz CT molecular complexity index is 478. The Morgan fingerprint density at radius 3 is 3.05 bits per heavy atom. The molecule has 1 N–H and O–H groups in total. The summed E-state index contributed by atoms with van der Waals surface area (Å²) in [6.45, 7) is 9.71. The first-order chi connectivity index (χ1) is 10.1. The van der Waals surface area contributed by atoms with Gasteiger partial charge < -0.3 is 14.8 Å². The molecule has 2 aliphatic rings. The normalized spacial score (nSPS) is 29.6. The van der Waals surface area contributed by atoms with E-state index in [1.807, 2.05) is 0 Å². The number of rotatable bonds is 4. The molecule has 5 nitrogen and oxygen atoms in total. The number of hydrogen-bond donors (Lipinski definition) is 1. The van der Waals surface area contributed by atoms with Gasteiger partial charge in [-0.25, -0.2) is 0 Å². The highest BCUT2D eigenvalue weighted by Gasteiger charge is 2.41. The van der Waals surface area contributed by atoms with Crippen molar-refractivity contribution in [2.75, 3.05) is 19.8 Å². The fourth-order valence-corrected chi connectivity index (χ4v) is 3.29. The van der Waals surface area contributed by atoms with Gasteiger partial charge in [-0.2, -0.15) is 5.10 Å². The molecule has 2 unspecified atom stereocenters. The minimum atomic E-state index is -0.0564. The number of aryl methyl sites for hydroxylation is 1. The van der Waals surface area contributed by atoms with Crippen LogP contribution in [0.25, 0.3) is 0 Å². The molecule has 5 heteroatoms. The molecule has 0 aromatic carbocycles. The standard InChI is InChI=1S/C16H27N3O2/c1-12(2)17-9-14-10-19(18-13(14)3)15-4-6-21-16(8-15)5-7-20-11-16/h10,12,15,17H,4-9,11H2,1-3H3.